The highest BCUT2D eigenvalue weighted by Gasteiger charge is 2.20. The van der Waals surface area contributed by atoms with Crippen LogP contribution < -0.4 is 15.4 Å². The number of hydrogen-bond donors (Lipinski definition) is 2. The predicted octanol–water partition coefficient (Wildman–Crippen LogP) is 4.15. The average Bonchev–Trinajstić information content (AvgIpc) is 3.02. The van der Waals surface area contributed by atoms with Crippen LogP contribution >= 0.6 is 0 Å². The van der Waals surface area contributed by atoms with Gasteiger partial charge in [0.15, 0.2) is 0 Å². The summed E-state index contributed by atoms with van der Waals surface area (Å²) in [7, 11) is 0. The van der Waals surface area contributed by atoms with Crippen molar-refractivity contribution in [3.63, 3.8) is 0 Å². The molecule has 26 heavy (non-hydrogen) atoms. The first-order valence-electron chi connectivity index (χ1n) is 9.19. The summed E-state index contributed by atoms with van der Waals surface area (Å²) in [5, 5.41) is 5.71. The summed E-state index contributed by atoms with van der Waals surface area (Å²) in [6, 6.07) is 12.8. The van der Waals surface area contributed by atoms with Gasteiger partial charge in [0.05, 0.1) is 18.1 Å². The molecule has 1 saturated carbocycles. The number of hydrogen-bond acceptors (Lipinski definition) is 3. The lowest BCUT2D eigenvalue weighted by atomic mass is 9.97. The minimum Gasteiger partial charge on any atom is -0.490 e. The summed E-state index contributed by atoms with van der Waals surface area (Å²) in [6.45, 7) is 0. The van der Waals surface area contributed by atoms with E-state index in [2.05, 4.69) is 10.6 Å². The molecule has 5 heteroatoms. The van der Waals surface area contributed by atoms with E-state index in [0.29, 0.717) is 23.4 Å². The van der Waals surface area contributed by atoms with Gasteiger partial charge in [-0.2, -0.15) is 0 Å². The Bertz CT molecular complexity index is 841. The normalized spacial score (nSPS) is 16.7. The van der Waals surface area contributed by atoms with E-state index in [-0.39, 0.29) is 17.9 Å². The number of benzene rings is 2. The molecule has 0 bridgehead atoms. The van der Waals surface area contributed by atoms with Gasteiger partial charge in [-0.25, -0.2) is 0 Å². The Morgan fingerprint density at radius 3 is 2.73 bits per heavy atom. The van der Waals surface area contributed by atoms with E-state index in [1.54, 1.807) is 12.1 Å². The number of amides is 2. The van der Waals surface area contributed by atoms with Gasteiger partial charge in [0, 0.05) is 11.4 Å². The van der Waals surface area contributed by atoms with Crippen LogP contribution in [0, 0.1) is 0 Å². The molecule has 5 nitrogen and oxygen atoms in total. The van der Waals surface area contributed by atoms with Crippen molar-refractivity contribution < 1.29 is 14.3 Å². The SMILES string of the molecule is O=C1Cc2cc(NC(=O)c3ccccc3OC3CCCCC3)ccc2N1. The predicted molar refractivity (Wildman–Crippen MR) is 101 cm³/mol. The highest BCUT2D eigenvalue weighted by Crippen LogP contribution is 2.28. The largest absolute Gasteiger partial charge is 0.490 e. The fourth-order valence-corrected chi connectivity index (χ4v) is 3.63. The van der Waals surface area contributed by atoms with Crippen LogP contribution in [0.4, 0.5) is 11.4 Å². The Hall–Kier alpha value is -2.82. The van der Waals surface area contributed by atoms with Crippen LogP contribution in [0.15, 0.2) is 42.5 Å². The van der Waals surface area contributed by atoms with Crippen LogP contribution in [0.3, 0.4) is 0 Å². The van der Waals surface area contributed by atoms with Crippen molar-refractivity contribution in [3.05, 3.63) is 53.6 Å². The molecule has 0 saturated heterocycles. The van der Waals surface area contributed by atoms with Crippen molar-refractivity contribution in [3.8, 4) is 5.75 Å². The molecule has 0 aromatic heterocycles. The maximum atomic E-state index is 12.8. The van der Waals surface area contributed by atoms with Gasteiger partial charge in [-0.3, -0.25) is 9.59 Å². The number of para-hydroxylation sites is 1. The van der Waals surface area contributed by atoms with Gasteiger partial charge in [-0.15, -0.1) is 0 Å². The van der Waals surface area contributed by atoms with E-state index in [9.17, 15) is 9.59 Å². The monoisotopic (exact) mass is 350 g/mol. The lowest BCUT2D eigenvalue weighted by Crippen LogP contribution is -2.22. The summed E-state index contributed by atoms with van der Waals surface area (Å²) >= 11 is 0. The van der Waals surface area contributed by atoms with Gasteiger partial charge in [0.25, 0.3) is 5.91 Å². The molecule has 134 valence electrons. The van der Waals surface area contributed by atoms with Crippen molar-refractivity contribution in [1.82, 2.24) is 0 Å². The number of rotatable bonds is 4. The van der Waals surface area contributed by atoms with Crippen molar-refractivity contribution >= 4 is 23.2 Å². The van der Waals surface area contributed by atoms with E-state index in [4.69, 9.17) is 4.74 Å². The minimum atomic E-state index is -0.200. The molecular weight excluding hydrogens is 328 g/mol. The zero-order chi connectivity index (χ0) is 17.9. The maximum Gasteiger partial charge on any atom is 0.259 e. The van der Waals surface area contributed by atoms with Gasteiger partial charge >= 0.3 is 0 Å². The Balaban J connectivity index is 1.50. The van der Waals surface area contributed by atoms with Crippen LogP contribution in [0.1, 0.15) is 48.0 Å². The van der Waals surface area contributed by atoms with Crippen molar-refractivity contribution in [2.45, 2.75) is 44.6 Å². The average molecular weight is 350 g/mol. The van der Waals surface area contributed by atoms with E-state index in [1.807, 2.05) is 30.3 Å². The van der Waals surface area contributed by atoms with Gasteiger partial charge in [0.2, 0.25) is 5.91 Å². The molecule has 1 aliphatic heterocycles. The Morgan fingerprint density at radius 2 is 1.88 bits per heavy atom. The molecule has 0 radical (unpaired) electrons. The molecule has 1 heterocycles. The lowest BCUT2D eigenvalue weighted by Gasteiger charge is -2.24. The number of fused-ring (bicyclic) bond motifs is 1. The molecule has 1 aliphatic carbocycles. The number of carbonyl (C=O) groups excluding carboxylic acids is 2. The van der Waals surface area contributed by atoms with Crippen LogP contribution in [0.25, 0.3) is 0 Å². The molecule has 2 aromatic rings. The van der Waals surface area contributed by atoms with Gasteiger partial charge in [-0.05, 0) is 61.6 Å². The third-order valence-corrected chi connectivity index (χ3v) is 4.97. The third kappa shape index (κ3) is 3.57. The number of carbonyl (C=O) groups is 2. The van der Waals surface area contributed by atoms with Crippen molar-refractivity contribution in [1.29, 1.82) is 0 Å². The molecule has 2 N–H and O–H groups in total. The Labute approximate surface area is 152 Å². The molecule has 0 atom stereocenters. The van der Waals surface area contributed by atoms with Crippen LogP contribution in [-0.2, 0) is 11.2 Å². The first kappa shape index (κ1) is 16.6. The number of nitrogens with one attached hydrogen (secondary N) is 2. The zero-order valence-electron chi connectivity index (χ0n) is 14.6. The zero-order valence-corrected chi connectivity index (χ0v) is 14.6. The quantitative estimate of drug-likeness (QED) is 0.871. The summed E-state index contributed by atoms with van der Waals surface area (Å²) < 4.78 is 6.12. The molecular formula is C21H22N2O3. The standard InChI is InChI=1S/C21H22N2O3/c24-20-13-14-12-15(10-11-18(14)23-20)22-21(25)17-8-4-5-9-19(17)26-16-6-2-1-3-7-16/h4-5,8-12,16H,1-3,6-7,13H2,(H,22,25)(H,23,24). The van der Waals surface area contributed by atoms with Gasteiger partial charge in [0.1, 0.15) is 5.75 Å². The van der Waals surface area contributed by atoms with Gasteiger partial charge < -0.3 is 15.4 Å². The molecule has 4 rings (SSSR count). The maximum absolute atomic E-state index is 12.8. The van der Waals surface area contributed by atoms with E-state index >= 15 is 0 Å². The summed E-state index contributed by atoms with van der Waals surface area (Å²) in [5.74, 6) is 0.415. The molecule has 0 unspecified atom stereocenters. The van der Waals surface area contributed by atoms with Crippen molar-refractivity contribution in [2.75, 3.05) is 10.6 Å². The highest BCUT2D eigenvalue weighted by atomic mass is 16.5. The molecule has 2 aromatic carbocycles. The molecule has 2 amide bonds. The van der Waals surface area contributed by atoms with E-state index < -0.39 is 0 Å². The molecule has 2 aliphatic rings. The summed E-state index contributed by atoms with van der Waals surface area (Å²) in [4.78, 5) is 24.2. The second-order valence-corrected chi connectivity index (χ2v) is 6.93. The lowest BCUT2D eigenvalue weighted by molar-refractivity contribution is -0.115. The van der Waals surface area contributed by atoms with Crippen LogP contribution in [0.2, 0.25) is 0 Å². The van der Waals surface area contributed by atoms with Crippen LogP contribution in [-0.4, -0.2) is 17.9 Å². The fraction of sp³-hybridized carbons (Fsp3) is 0.333. The third-order valence-electron chi connectivity index (χ3n) is 4.97. The second kappa shape index (κ2) is 7.20. The molecule has 1 fully saturated rings. The van der Waals surface area contributed by atoms with Gasteiger partial charge in [-0.1, -0.05) is 18.6 Å². The Morgan fingerprint density at radius 1 is 1.08 bits per heavy atom. The van der Waals surface area contributed by atoms with E-state index in [1.165, 1.54) is 19.3 Å². The van der Waals surface area contributed by atoms with E-state index in [0.717, 1.165) is 24.1 Å². The molecule has 0 spiro atoms. The summed E-state index contributed by atoms with van der Waals surface area (Å²) in [6.07, 6.45) is 6.25. The number of anilines is 2. The fourth-order valence-electron chi connectivity index (χ4n) is 3.63. The second-order valence-electron chi connectivity index (χ2n) is 6.93. The first-order chi connectivity index (χ1) is 12.7. The Kier molecular flexibility index (Phi) is 4.61. The van der Waals surface area contributed by atoms with Crippen molar-refractivity contribution in [2.24, 2.45) is 0 Å². The minimum absolute atomic E-state index is 0.0188. The van der Waals surface area contributed by atoms with Crippen LogP contribution in [0.5, 0.6) is 5.75 Å². The highest BCUT2D eigenvalue weighted by molar-refractivity contribution is 6.07. The topological polar surface area (TPSA) is 67.4 Å². The number of ether oxygens (including phenoxy) is 1. The smallest absolute Gasteiger partial charge is 0.259 e. The first-order valence-corrected chi connectivity index (χ1v) is 9.19. The summed E-state index contributed by atoms with van der Waals surface area (Å²) in [5.41, 5.74) is 2.93.